The summed E-state index contributed by atoms with van der Waals surface area (Å²) in [5.41, 5.74) is 4.15. The molecule has 6 aromatic rings. The zero-order valence-electron chi connectivity index (χ0n) is 14.3. The Bertz CT molecular complexity index is 1490. The van der Waals surface area contributed by atoms with Gasteiger partial charge in [-0.05, 0) is 36.4 Å². The van der Waals surface area contributed by atoms with E-state index in [2.05, 4.69) is 24.3 Å². The van der Waals surface area contributed by atoms with E-state index in [0.29, 0.717) is 5.69 Å². The minimum atomic E-state index is -0.246. The maximum absolute atomic E-state index is 14.6. The van der Waals surface area contributed by atoms with Gasteiger partial charge in [-0.3, -0.25) is 0 Å². The molecule has 6 rings (SSSR count). The molecular weight excluding hydrogens is 337 g/mol. The fourth-order valence-corrected chi connectivity index (χ4v) is 4.13. The minimum Gasteiger partial charge on any atom is -0.455 e. The molecule has 3 heteroatoms. The molecule has 0 atom stereocenters. The number of para-hydroxylation sites is 3. The van der Waals surface area contributed by atoms with E-state index in [9.17, 15) is 4.39 Å². The third-order valence-corrected chi connectivity index (χ3v) is 5.27. The molecule has 0 fully saturated rings. The summed E-state index contributed by atoms with van der Waals surface area (Å²) in [6.07, 6.45) is 0. The Hall–Kier alpha value is -3.59. The summed E-state index contributed by atoms with van der Waals surface area (Å²) in [7, 11) is 0. The first kappa shape index (κ1) is 14.6. The summed E-state index contributed by atoms with van der Waals surface area (Å²) >= 11 is 0. The maximum atomic E-state index is 14.6. The Kier molecular flexibility index (Phi) is 2.81. The topological polar surface area (TPSA) is 18.1 Å². The summed E-state index contributed by atoms with van der Waals surface area (Å²) in [6.45, 7) is 0. The van der Waals surface area contributed by atoms with Gasteiger partial charge in [-0.1, -0.05) is 48.5 Å². The summed E-state index contributed by atoms with van der Waals surface area (Å²) < 4.78 is 22.9. The highest BCUT2D eigenvalue weighted by Gasteiger charge is 2.19. The predicted molar refractivity (Wildman–Crippen MR) is 108 cm³/mol. The second-order valence-electron chi connectivity index (χ2n) is 6.74. The van der Waals surface area contributed by atoms with Crippen molar-refractivity contribution in [3.8, 4) is 5.69 Å². The van der Waals surface area contributed by atoms with Crippen molar-refractivity contribution in [1.29, 1.82) is 0 Å². The summed E-state index contributed by atoms with van der Waals surface area (Å²) in [4.78, 5) is 0. The number of hydrogen-bond acceptors (Lipinski definition) is 1. The molecule has 0 saturated heterocycles. The lowest BCUT2D eigenvalue weighted by Crippen LogP contribution is -1.96. The molecule has 0 unspecified atom stereocenters. The minimum absolute atomic E-state index is 0.246. The van der Waals surface area contributed by atoms with Crippen LogP contribution in [-0.4, -0.2) is 4.57 Å². The van der Waals surface area contributed by atoms with Crippen molar-refractivity contribution in [2.24, 2.45) is 0 Å². The molecule has 2 heterocycles. The number of aromatic nitrogens is 1. The van der Waals surface area contributed by atoms with Crippen LogP contribution in [0.1, 0.15) is 0 Å². The molecule has 0 bridgehead atoms. The average molecular weight is 351 g/mol. The molecule has 4 aromatic carbocycles. The van der Waals surface area contributed by atoms with E-state index in [1.165, 1.54) is 6.07 Å². The average Bonchev–Trinajstić information content (AvgIpc) is 3.24. The van der Waals surface area contributed by atoms with Gasteiger partial charge in [-0.2, -0.15) is 0 Å². The van der Waals surface area contributed by atoms with Gasteiger partial charge >= 0.3 is 0 Å². The van der Waals surface area contributed by atoms with Crippen LogP contribution in [0, 0.1) is 5.82 Å². The van der Waals surface area contributed by atoms with Crippen molar-refractivity contribution in [2.45, 2.75) is 0 Å². The number of rotatable bonds is 1. The number of hydrogen-bond donors (Lipinski definition) is 0. The molecule has 2 aromatic heterocycles. The van der Waals surface area contributed by atoms with Crippen LogP contribution in [0.25, 0.3) is 49.4 Å². The van der Waals surface area contributed by atoms with Crippen LogP contribution < -0.4 is 0 Å². The molecule has 2 nitrogen and oxygen atoms in total. The normalized spacial score (nSPS) is 11.9. The van der Waals surface area contributed by atoms with Gasteiger partial charge in [0.05, 0.1) is 22.1 Å². The van der Waals surface area contributed by atoms with Gasteiger partial charge in [-0.15, -0.1) is 0 Å². The van der Waals surface area contributed by atoms with Crippen LogP contribution in [0.4, 0.5) is 4.39 Å². The van der Waals surface area contributed by atoms with Crippen LogP contribution in [0.2, 0.25) is 0 Å². The molecule has 0 N–H and O–H groups in total. The third kappa shape index (κ3) is 1.88. The molecule has 0 radical (unpaired) electrons. The zero-order valence-corrected chi connectivity index (χ0v) is 14.3. The molecule has 0 amide bonds. The number of fused-ring (bicyclic) bond motifs is 7. The van der Waals surface area contributed by atoms with Crippen molar-refractivity contribution in [3.05, 3.63) is 90.7 Å². The molecule has 27 heavy (non-hydrogen) atoms. The number of nitrogens with zero attached hydrogens (tertiary/aromatic N) is 1. The van der Waals surface area contributed by atoms with Gasteiger partial charge in [-0.25, -0.2) is 4.39 Å². The van der Waals surface area contributed by atoms with Gasteiger partial charge < -0.3 is 8.98 Å². The second kappa shape index (κ2) is 5.21. The van der Waals surface area contributed by atoms with Gasteiger partial charge in [0.15, 0.2) is 0 Å². The van der Waals surface area contributed by atoms with Crippen LogP contribution in [0.3, 0.4) is 0 Å². The summed E-state index contributed by atoms with van der Waals surface area (Å²) in [5, 5.41) is 4.25. The first-order chi connectivity index (χ1) is 13.3. The van der Waals surface area contributed by atoms with Crippen molar-refractivity contribution in [3.63, 3.8) is 0 Å². The van der Waals surface area contributed by atoms with Crippen molar-refractivity contribution < 1.29 is 8.81 Å². The van der Waals surface area contributed by atoms with Crippen LogP contribution in [0.15, 0.2) is 89.3 Å². The molecule has 0 spiro atoms. The second-order valence-corrected chi connectivity index (χ2v) is 6.74. The maximum Gasteiger partial charge on any atom is 0.147 e. The van der Waals surface area contributed by atoms with Crippen molar-refractivity contribution >= 4 is 43.7 Å². The van der Waals surface area contributed by atoms with Gasteiger partial charge in [0.25, 0.3) is 0 Å². The Morgan fingerprint density at radius 1 is 0.630 bits per heavy atom. The standard InChI is InChI=1S/C24H14FNO/c25-18-9-3-5-11-20(18)26-19-10-4-1-8-17(19)23-21(26)14-13-16-15-7-2-6-12-22(15)27-24(16)23/h1-14H. The lowest BCUT2D eigenvalue weighted by atomic mass is 10.1. The summed E-state index contributed by atoms with van der Waals surface area (Å²) in [6, 6.07) is 27.1. The Labute approximate surface area is 154 Å². The number of furan rings is 1. The monoisotopic (exact) mass is 351 g/mol. The Morgan fingerprint density at radius 2 is 1.37 bits per heavy atom. The van der Waals surface area contributed by atoms with E-state index in [-0.39, 0.29) is 5.82 Å². The van der Waals surface area contributed by atoms with Gasteiger partial charge in [0.2, 0.25) is 0 Å². The van der Waals surface area contributed by atoms with E-state index in [0.717, 1.165) is 43.7 Å². The summed E-state index contributed by atoms with van der Waals surface area (Å²) in [5.74, 6) is -0.246. The van der Waals surface area contributed by atoms with E-state index >= 15 is 0 Å². The Morgan fingerprint density at radius 3 is 2.26 bits per heavy atom. The Balaban J connectivity index is 1.89. The van der Waals surface area contributed by atoms with Crippen molar-refractivity contribution in [2.75, 3.05) is 0 Å². The van der Waals surface area contributed by atoms with E-state index in [1.54, 1.807) is 6.07 Å². The zero-order chi connectivity index (χ0) is 18.0. The highest BCUT2D eigenvalue weighted by molar-refractivity contribution is 6.23. The first-order valence-electron chi connectivity index (χ1n) is 8.91. The number of benzene rings is 4. The van der Waals surface area contributed by atoms with Crippen molar-refractivity contribution in [1.82, 2.24) is 4.57 Å². The lowest BCUT2D eigenvalue weighted by molar-refractivity contribution is 0.621. The molecule has 0 aliphatic heterocycles. The SMILES string of the molecule is Fc1ccccc1-n1c2ccccc2c2c3oc4ccccc4c3ccc21. The fraction of sp³-hybridized carbons (Fsp3) is 0. The van der Waals surface area contributed by atoms with Gasteiger partial charge in [0.1, 0.15) is 17.0 Å². The van der Waals surface area contributed by atoms with Gasteiger partial charge in [0, 0.05) is 16.2 Å². The van der Waals surface area contributed by atoms with Crippen LogP contribution in [0.5, 0.6) is 0 Å². The van der Waals surface area contributed by atoms with Crippen LogP contribution >= 0.6 is 0 Å². The smallest absolute Gasteiger partial charge is 0.147 e. The first-order valence-corrected chi connectivity index (χ1v) is 8.91. The van der Waals surface area contributed by atoms with E-state index in [1.807, 2.05) is 53.1 Å². The third-order valence-electron chi connectivity index (χ3n) is 5.27. The predicted octanol–water partition coefficient (Wildman–Crippen LogP) is 6.82. The highest BCUT2D eigenvalue weighted by atomic mass is 19.1. The van der Waals surface area contributed by atoms with E-state index in [4.69, 9.17) is 4.42 Å². The van der Waals surface area contributed by atoms with Crippen LogP contribution in [-0.2, 0) is 0 Å². The van der Waals surface area contributed by atoms with E-state index < -0.39 is 0 Å². The molecule has 0 saturated carbocycles. The quantitative estimate of drug-likeness (QED) is 0.318. The molecule has 0 aliphatic rings. The highest BCUT2D eigenvalue weighted by Crippen LogP contribution is 2.40. The largest absolute Gasteiger partial charge is 0.455 e. The molecule has 128 valence electrons. The molecular formula is C24H14FNO. The fourth-order valence-electron chi connectivity index (χ4n) is 4.13. The number of halogens is 1. The lowest BCUT2D eigenvalue weighted by Gasteiger charge is -2.08. The molecule has 0 aliphatic carbocycles.